The van der Waals surface area contributed by atoms with Gasteiger partial charge in [0.2, 0.25) is 4.77 Å². The predicted octanol–water partition coefficient (Wildman–Crippen LogP) is -1.05. The minimum atomic E-state index is -0.435. The highest BCUT2D eigenvalue weighted by Gasteiger charge is 1.88. The van der Waals surface area contributed by atoms with E-state index in [1.165, 1.54) is 0 Å². The van der Waals surface area contributed by atoms with E-state index in [4.69, 9.17) is 5.84 Å². The molecule has 0 aromatic carbocycles. The molecule has 5 nitrogen and oxygen atoms in total. The maximum atomic E-state index is 10.3. The SMILES string of the molecule is Nn1c(=O)[nH][nH]c1=S. The van der Waals surface area contributed by atoms with Crippen LogP contribution in [0.15, 0.2) is 4.79 Å². The quantitative estimate of drug-likeness (QED) is 0.311. The molecule has 0 amide bonds. The second-order valence-electron chi connectivity index (χ2n) is 1.23. The van der Waals surface area contributed by atoms with Crippen molar-refractivity contribution in [2.75, 3.05) is 5.84 Å². The fourth-order valence-corrected chi connectivity index (χ4v) is 0.454. The van der Waals surface area contributed by atoms with Gasteiger partial charge in [-0.3, -0.25) is 5.10 Å². The van der Waals surface area contributed by atoms with Gasteiger partial charge in [0.15, 0.2) is 0 Å². The molecule has 0 bridgehead atoms. The van der Waals surface area contributed by atoms with Crippen molar-refractivity contribution in [2.24, 2.45) is 0 Å². The lowest BCUT2D eigenvalue weighted by atomic mass is 11.2. The zero-order valence-corrected chi connectivity index (χ0v) is 4.66. The Morgan fingerprint density at radius 1 is 1.62 bits per heavy atom. The van der Waals surface area contributed by atoms with Crippen molar-refractivity contribution in [3.8, 4) is 0 Å². The molecule has 8 heavy (non-hydrogen) atoms. The Kier molecular flexibility index (Phi) is 0.943. The zero-order chi connectivity index (χ0) is 6.15. The molecular weight excluding hydrogens is 128 g/mol. The van der Waals surface area contributed by atoms with Crippen LogP contribution in [-0.4, -0.2) is 14.9 Å². The third-order valence-corrected chi connectivity index (χ3v) is 1.01. The minimum Gasteiger partial charge on any atom is -0.333 e. The third kappa shape index (κ3) is 0.544. The Morgan fingerprint density at radius 3 is 2.38 bits per heavy atom. The molecule has 0 aliphatic heterocycles. The second kappa shape index (κ2) is 1.48. The third-order valence-electron chi connectivity index (χ3n) is 0.714. The van der Waals surface area contributed by atoms with Crippen LogP contribution in [0, 0.1) is 4.77 Å². The van der Waals surface area contributed by atoms with Gasteiger partial charge in [-0.15, -0.1) is 0 Å². The lowest BCUT2D eigenvalue weighted by Gasteiger charge is -1.78. The van der Waals surface area contributed by atoms with E-state index in [9.17, 15) is 4.79 Å². The van der Waals surface area contributed by atoms with Crippen molar-refractivity contribution in [1.82, 2.24) is 14.9 Å². The molecule has 0 radical (unpaired) electrons. The van der Waals surface area contributed by atoms with Gasteiger partial charge in [0.1, 0.15) is 0 Å². The van der Waals surface area contributed by atoms with E-state index in [0.29, 0.717) is 0 Å². The number of aromatic nitrogens is 3. The molecule has 44 valence electrons. The number of hydrogen-bond donors (Lipinski definition) is 3. The Hall–Kier alpha value is -1.04. The summed E-state index contributed by atoms with van der Waals surface area (Å²) in [6.45, 7) is 0. The summed E-state index contributed by atoms with van der Waals surface area (Å²) in [5.74, 6) is 5.04. The summed E-state index contributed by atoms with van der Waals surface area (Å²) in [7, 11) is 0. The number of hydrogen-bond acceptors (Lipinski definition) is 3. The van der Waals surface area contributed by atoms with Crippen molar-refractivity contribution in [2.45, 2.75) is 0 Å². The van der Waals surface area contributed by atoms with E-state index in [1.54, 1.807) is 0 Å². The van der Waals surface area contributed by atoms with Crippen LogP contribution in [0.3, 0.4) is 0 Å². The minimum absolute atomic E-state index is 0.190. The molecule has 1 heterocycles. The van der Waals surface area contributed by atoms with Crippen LogP contribution in [0.2, 0.25) is 0 Å². The fraction of sp³-hybridized carbons (Fsp3) is 0. The number of nitrogens with one attached hydrogen (secondary N) is 2. The Bertz CT molecular complexity index is 251. The highest BCUT2D eigenvalue weighted by molar-refractivity contribution is 7.71. The van der Waals surface area contributed by atoms with Crippen LogP contribution in [0.25, 0.3) is 0 Å². The molecule has 6 heteroatoms. The lowest BCUT2D eigenvalue weighted by molar-refractivity contribution is 0.925. The molecule has 0 fully saturated rings. The monoisotopic (exact) mass is 132 g/mol. The molecule has 0 atom stereocenters. The van der Waals surface area contributed by atoms with Crippen molar-refractivity contribution in [1.29, 1.82) is 0 Å². The average molecular weight is 132 g/mol. The van der Waals surface area contributed by atoms with E-state index in [0.717, 1.165) is 4.68 Å². The fourth-order valence-electron chi connectivity index (χ4n) is 0.320. The van der Waals surface area contributed by atoms with Crippen molar-refractivity contribution in [3.63, 3.8) is 0 Å². The smallest absolute Gasteiger partial charge is 0.333 e. The summed E-state index contributed by atoms with van der Waals surface area (Å²) in [6.07, 6.45) is 0. The second-order valence-corrected chi connectivity index (χ2v) is 1.62. The molecule has 0 spiro atoms. The van der Waals surface area contributed by atoms with Crippen LogP contribution in [0.1, 0.15) is 0 Å². The normalized spacial score (nSPS) is 9.50. The molecule has 0 unspecified atom stereocenters. The number of aromatic amines is 2. The number of rotatable bonds is 0. The van der Waals surface area contributed by atoms with Gasteiger partial charge >= 0.3 is 5.69 Å². The Morgan fingerprint density at radius 2 is 2.25 bits per heavy atom. The molecule has 0 aliphatic carbocycles. The lowest BCUT2D eigenvalue weighted by Crippen LogP contribution is -2.24. The van der Waals surface area contributed by atoms with E-state index < -0.39 is 5.69 Å². The first-order valence-electron chi connectivity index (χ1n) is 1.86. The van der Waals surface area contributed by atoms with Gasteiger partial charge < -0.3 is 5.84 Å². The molecular formula is C2H4N4OS. The first-order valence-corrected chi connectivity index (χ1v) is 2.27. The van der Waals surface area contributed by atoms with Gasteiger partial charge in [-0.2, -0.15) is 4.68 Å². The number of nitrogen functional groups attached to an aromatic ring is 1. The summed E-state index contributed by atoms with van der Waals surface area (Å²) in [5, 5.41) is 4.54. The molecule has 1 aromatic heterocycles. The van der Waals surface area contributed by atoms with Gasteiger partial charge in [-0.05, 0) is 12.2 Å². The summed E-state index contributed by atoms with van der Waals surface area (Å²) in [5.41, 5.74) is -0.435. The number of nitrogens with zero attached hydrogens (tertiary/aromatic N) is 1. The Labute approximate surface area is 49.1 Å². The van der Waals surface area contributed by atoms with Crippen LogP contribution in [0.5, 0.6) is 0 Å². The van der Waals surface area contributed by atoms with E-state index in [-0.39, 0.29) is 4.77 Å². The molecule has 1 rings (SSSR count). The van der Waals surface area contributed by atoms with Gasteiger partial charge in [0, 0.05) is 0 Å². The van der Waals surface area contributed by atoms with Gasteiger partial charge in [-0.25, -0.2) is 9.89 Å². The van der Waals surface area contributed by atoms with Gasteiger partial charge in [0.05, 0.1) is 0 Å². The van der Waals surface area contributed by atoms with Crippen molar-refractivity contribution < 1.29 is 0 Å². The largest absolute Gasteiger partial charge is 0.361 e. The first kappa shape index (κ1) is 5.10. The highest BCUT2D eigenvalue weighted by Crippen LogP contribution is 1.66. The summed E-state index contributed by atoms with van der Waals surface area (Å²) < 4.78 is 1.00. The maximum Gasteiger partial charge on any atom is 0.361 e. The van der Waals surface area contributed by atoms with Gasteiger partial charge in [-0.1, -0.05) is 0 Å². The predicted molar refractivity (Wildman–Crippen MR) is 30.4 cm³/mol. The average Bonchev–Trinajstić information content (AvgIpc) is 1.98. The summed E-state index contributed by atoms with van der Waals surface area (Å²) in [6, 6.07) is 0. The number of nitrogens with two attached hydrogens (primary N) is 1. The highest BCUT2D eigenvalue weighted by atomic mass is 32.1. The summed E-state index contributed by atoms with van der Waals surface area (Å²) in [4.78, 5) is 10.3. The van der Waals surface area contributed by atoms with Crippen molar-refractivity contribution in [3.05, 3.63) is 15.3 Å². The number of H-pyrrole nitrogens is 2. The van der Waals surface area contributed by atoms with E-state index >= 15 is 0 Å². The van der Waals surface area contributed by atoms with Crippen molar-refractivity contribution >= 4 is 12.2 Å². The molecule has 0 saturated carbocycles. The summed E-state index contributed by atoms with van der Waals surface area (Å²) >= 11 is 4.53. The van der Waals surface area contributed by atoms with Crippen LogP contribution < -0.4 is 11.5 Å². The first-order chi connectivity index (χ1) is 3.72. The van der Waals surface area contributed by atoms with E-state index in [2.05, 4.69) is 22.4 Å². The Balaban J connectivity index is 3.66. The van der Waals surface area contributed by atoms with E-state index in [1.807, 2.05) is 0 Å². The maximum absolute atomic E-state index is 10.3. The van der Waals surface area contributed by atoms with Crippen LogP contribution >= 0.6 is 12.2 Å². The van der Waals surface area contributed by atoms with Gasteiger partial charge in [0.25, 0.3) is 0 Å². The molecule has 1 aromatic rings. The van der Waals surface area contributed by atoms with Crippen LogP contribution in [-0.2, 0) is 0 Å². The zero-order valence-electron chi connectivity index (χ0n) is 3.84. The van der Waals surface area contributed by atoms with Crippen LogP contribution in [0.4, 0.5) is 0 Å². The molecule has 4 N–H and O–H groups in total. The topological polar surface area (TPSA) is 79.6 Å². The standard InChI is InChI=1S/C2H4N4OS/c3-6-1(7)4-5-2(6)8/h3H2,(H,4,7)(H,5,8). The molecule has 0 saturated heterocycles. The molecule has 0 aliphatic rings.